The van der Waals surface area contributed by atoms with Crippen molar-refractivity contribution in [2.45, 2.75) is 6.18 Å². The van der Waals surface area contributed by atoms with Crippen molar-refractivity contribution in [3.8, 4) is 5.75 Å². The van der Waals surface area contributed by atoms with Gasteiger partial charge in [0, 0.05) is 5.02 Å². The molecule has 0 aliphatic rings. The Balaban J connectivity index is 1.87. The molecule has 2 aromatic carbocycles. The Kier molecular flexibility index (Phi) is 5.96. The summed E-state index contributed by atoms with van der Waals surface area (Å²) in [6, 6.07) is 8.99. The van der Waals surface area contributed by atoms with Crippen molar-refractivity contribution in [3.63, 3.8) is 0 Å². The Hall–Kier alpha value is -1.92. The maximum absolute atomic E-state index is 12.6. The third-order valence-electron chi connectivity index (χ3n) is 2.99. The highest BCUT2D eigenvalue weighted by Crippen LogP contribution is 2.31. The van der Waals surface area contributed by atoms with Gasteiger partial charge in [-0.25, -0.2) is 0 Å². The molecule has 24 heavy (non-hydrogen) atoms. The minimum absolute atomic E-state index is 0.00519. The molecule has 128 valence electrons. The Morgan fingerprint density at radius 2 is 1.88 bits per heavy atom. The molecule has 0 atom stereocenters. The smallest absolute Gasteiger partial charge is 0.416 e. The SMILES string of the molecule is O=C(NCCOc1cccc(C(F)(F)F)c1)c1cc(Cl)ccc1Cl. The summed E-state index contributed by atoms with van der Waals surface area (Å²) < 4.78 is 43.0. The molecular formula is C16H12Cl2F3NO2. The van der Waals surface area contributed by atoms with Gasteiger partial charge in [-0.05, 0) is 36.4 Å². The number of benzene rings is 2. The van der Waals surface area contributed by atoms with E-state index in [0.717, 1.165) is 12.1 Å². The van der Waals surface area contributed by atoms with Crippen LogP contribution in [0.15, 0.2) is 42.5 Å². The number of carbonyl (C=O) groups is 1. The molecule has 2 aromatic rings. The van der Waals surface area contributed by atoms with Crippen LogP contribution in [0.3, 0.4) is 0 Å². The molecule has 0 spiro atoms. The fraction of sp³-hybridized carbons (Fsp3) is 0.188. The fourth-order valence-corrected chi connectivity index (χ4v) is 2.24. The van der Waals surface area contributed by atoms with Crippen LogP contribution in [-0.4, -0.2) is 19.1 Å². The van der Waals surface area contributed by atoms with Gasteiger partial charge in [0.1, 0.15) is 12.4 Å². The van der Waals surface area contributed by atoms with Gasteiger partial charge in [-0.2, -0.15) is 13.2 Å². The molecule has 1 N–H and O–H groups in total. The van der Waals surface area contributed by atoms with E-state index in [1.165, 1.54) is 24.3 Å². The van der Waals surface area contributed by atoms with E-state index in [1.54, 1.807) is 6.07 Å². The highest BCUT2D eigenvalue weighted by Gasteiger charge is 2.30. The minimum Gasteiger partial charge on any atom is -0.492 e. The number of nitrogens with one attached hydrogen (secondary N) is 1. The number of alkyl halides is 3. The number of halogens is 5. The molecule has 0 unspecified atom stereocenters. The Morgan fingerprint density at radius 1 is 1.12 bits per heavy atom. The molecule has 0 aliphatic carbocycles. The van der Waals surface area contributed by atoms with Crippen molar-refractivity contribution < 1.29 is 22.7 Å². The normalized spacial score (nSPS) is 11.2. The maximum Gasteiger partial charge on any atom is 0.416 e. The van der Waals surface area contributed by atoms with Crippen LogP contribution < -0.4 is 10.1 Å². The van der Waals surface area contributed by atoms with Crippen molar-refractivity contribution >= 4 is 29.1 Å². The molecule has 0 radical (unpaired) electrons. The second-order valence-electron chi connectivity index (χ2n) is 4.75. The molecule has 0 bridgehead atoms. The Labute approximate surface area is 146 Å². The molecule has 0 fully saturated rings. The van der Waals surface area contributed by atoms with Crippen LogP contribution in [0, 0.1) is 0 Å². The predicted molar refractivity (Wildman–Crippen MR) is 85.7 cm³/mol. The van der Waals surface area contributed by atoms with E-state index in [-0.39, 0.29) is 29.5 Å². The van der Waals surface area contributed by atoms with Crippen LogP contribution in [0.5, 0.6) is 5.75 Å². The average molecular weight is 378 g/mol. The topological polar surface area (TPSA) is 38.3 Å². The first kappa shape index (κ1) is 18.4. The van der Waals surface area contributed by atoms with E-state index in [9.17, 15) is 18.0 Å². The van der Waals surface area contributed by atoms with Gasteiger partial charge in [0.25, 0.3) is 5.91 Å². The lowest BCUT2D eigenvalue weighted by molar-refractivity contribution is -0.137. The van der Waals surface area contributed by atoms with E-state index in [2.05, 4.69) is 5.32 Å². The maximum atomic E-state index is 12.6. The monoisotopic (exact) mass is 377 g/mol. The lowest BCUT2D eigenvalue weighted by atomic mass is 10.2. The van der Waals surface area contributed by atoms with Crippen LogP contribution in [0.2, 0.25) is 10.0 Å². The highest BCUT2D eigenvalue weighted by molar-refractivity contribution is 6.35. The molecule has 2 rings (SSSR count). The van der Waals surface area contributed by atoms with Crippen molar-refractivity contribution in [2.24, 2.45) is 0 Å². The van der Waals surface area contributed by atoms with E-state index < -0.39 is 17.6 Å². The van der Waals surface area contributed by atoms with Gasteiger partial charge >= 0.3 is 6.18 Å². The average Bonchev–Trinajstić information content (AvgIpc) is 2.53. The van der Waals surface area contributed by atoms with Gasteiger partial charge in [-0.3, -0.25) is 4.79 Å². The summed E-state index contributed by atoms with van der Waals surface area (Å²) in [6.45, 7) is 0.100. The van der Waals surface area contributed by atoms with E-state index in [1.807, 2.05) is 0 Å². The second-order valence-corrected chi connectivity index (χ2v) is 5.60. The lowest BCUT2D eigenvalue weighted by Crippen LogP contribution is -2.28. The summed E-state index contributed by atoms with van der Waals surface area (Å²) in [7, 11) is 0. The summed E-state index contributed by atoms with van der Waals surface area (Å²) in [5.41, 5.74) is -0.585. The number of carbonyl (C=O) groups excluding carboxylic acids is 1. The fourth-order valence-electron chi connectivity index (χ4n) is 1.86. The molecule has 0 aliphatic heterocycles. The first-order chi connectivity index (χ1) is 11.3. The summed E-state index contributed by atoms with van der Waals surface area (Å²) in [6.07, 6.45) is -4.43. The van der Waals surface area contributed by atoms with Crippen LogP contribution in [0.1, 0.15) is 15.9 Å². The van der Waals surface area contributed by atoms with Crippen molar-refractivity contribution in [1.29, 1.82) is 0 Å². The summed E-state index contributed by atoms with van der Waals surface area (Å²) >= 11 is 11.7. The zero-order chi connectivity index (χ0) is 17.7. The number of ether oxygens (including phenoxy) is 1. The molecule has 3 nitrogen and oxygen atoms in total. The zero-order valence-electron chi connectivity index (χ0n) is 12.2. The van der Waals surface area contributed by atoms with E-state index in [4.69, 9.17) is 27.9 Å². The Morgan fingerprint density at radius 3 is 2.58 bits per heavy atom. The van der Waals surface area contributed by atoms with Crippen molar-refractivity contribution in [3.05, 3.63) is 63.6 Å². The minimum atomic E-state index is -4.43. The van der Waals surface area contributed by atoms with Crippen LogP contribution in [-0.2, 0) is 6.18 Å². The standard InChI is InChI=1S/C16H12Cl2F3NO2/c17-11-4-5-14(18)13(9-11)15(23)22-6-7-24-12-3-1-2-10(8-12)16(19,20)21/h1-5,8-9H,6-7H2,(H,22,23). The first-order valence-corrected chi connectivity index (χ1v) is 7.56. The Bertz CT molecular complexity index is 736. The molecule has 0 heterocycles. The number of hydrogen-bond donors (Lipinski definition) is 1. The van der Waals surface area contributed by atoms with Crippen molar-refractivity contribution in [2.75, 3.05) is 13.2 Å². The molecule has 8 heteroatoms. The van der Waals surface area contributed by atoms with Gasteiger partial charge in [0.05, 0.1) is 22.7 Å². The zero-order valence-corrected chi connectivity index (χ0v) is 13.7. The largest absolute Gasteiger partial charge is 0.492 e. The molecule has 0 aromatic heterocycles. The summed E-state index contributed by atoms with van der Waals surface area (Å²) in [5.74, 6) is -0.380. The number of rotatable bonds is 5. The van der Waals surface area contributed by atoms with Gasteiger partial charge in [0.2, 0.25) is 0 Å². The summed E-state index contributed by atoms with van der Waals surface area (Å²) in [5, 5.41) is 3.16. The molecular weight excluding hydrogens is 366 g/mol. The van der Waals surface area contributed by atoms with Crippen LogP contribution in [0.25, 0.3) is 0 Å². The van der Waals surface area contributed by atoms with Gasteiger partial charge in [-0.1, -0.05) is 29.3 Å². The third kappa shape index (κ3) is 5.04. The first-order valence-electron chi connectivity index (χ1n) is 6.80. The molecule has 0 saturated carbocycles. The number of amides is 1. The molecule has 0 saturated heterocycles. The molecule has 1 amide bonds. The third-order valence-corrected chi connectivity index (χ3v) is 3.56. The van der Waals surface area contributed by atoms with Crippen molar-refractivity contribution in [1.82, 2.24) is 5.32 Å². The van der Waals surface area contributed by atoms with Gasteiger partial charge in [0.15, 0.2) is 0 Å². The van der Waals surface area contributed by atoms with Crippen LogP contribution in [0.4, 0.5) is 13.2 Å². The lowest BCUT2D eigenvalue weighted by Gasteiger charge is -2.11. The number of hydrogen-bond acceptors (Lipinski definition) is 2. The van der Waals surface area contributed by atoms with Crippen LogP contribution >= 0.6 is 23.2 Å². The highest BCUT2D eigenvalue weighted by atomic mass is 35.5. The van der Waals surface area contributed by atoms with Gasteiger partial charge < -0.3 is 10.1 Å². The second kappa shape index (κ2) is 7.77. The van der Waals surface area contributed by atoms with E-state index >= 15 is 0 Å². The van der Waals surface area contributed by atoms with Gasteiger partial charge in [-0.15, -0.1) is 0 Å². The summed E-state index contributed by atoms with van der Waals surface area (Å²) in [4.78, 5) is 12.0. The quantitative estimate of drug-likeness (QED) is 0.758. The predicted octanol–water partition coefficient (Wildman–Crippen LogP) is 4.82. The van der Waals surface area contributed by atoms with E-state index in [0.29, 0.717) is 5.02 Å².